The van der Waals surface area contributed by atoms with Crippen LogP contribution in [0.4, 0.5) is 29.9 Å². The number of rotatable bonds is 6. The molecule has 0 aliphatic carbocycles. The highest BCUT2D eigenvalue weighted by atomic mass is 32.2. The first kappa shape index (κ1) is 46.1. The summed E-state index contributed by atoms with van der Waals surface area (Å²) in [7, 11) is -4.07. The predicted octanol–water partition coefficient (Wildman–Crippen LogP) is 10.5. The normalized spacial score (nSPS) is 20.4. The monoisotopic (exact) mass is 902 g/mol. The fraction of sp³-hybridized carbons (Fsp3) is 0.553. The third-order valence-corrected chi connectivity index (χ3v) is 19.6. The van der Waals surface area contributed by atoms with Gasteiger partial charge in [0.25, 0.3) is 0 Å². The molecular weight excluding hydrogens is 843 g/mol. The number of ether oxygens (including phenoxy) is 3. The highest BCUT2D eigenvalue weighted by Crippen LogP contribution is 2.48. The van der Waals surface area contributed by atoms with Crippen LogP contribution < -0.4 is 15.0 Å². The van der Waals surface area contributed by atoms with Crippen molar-refractivity contribution in [2.24, 2.45) is 0 Å². The van der Waals surface area contributed by atoms with E-state index in [1.165, 1.54) is 12.3 Å². The van der Waals surface area contributed by atoms with Crippen molar-refractivity contribution in [2.45, 2.75) is 160 Å². The van der Waals surface area contributed by atoms with Crippen molar-refractivity contribution in [1.82, 2.24) is 19.9 Å². The van der Waals surface area contributed by atoms with Crippen molar-refractivity contribution < 1.29 is 36.8 Å². The fourth-order valence-corrected chi connectivity index (χ4v) is 15.8. The number of fused-ring (bicyclic) bond motifs is 6. The van der Waals surface area contributed by atoms with Gasteiger partial charge in [-0.1, -0.05) is 59.6 Å². The van der Waals surface area contributed by atoms with Gasteiger partial charge in [0, 0.05) is 34.7 Å². The summed E-state index contributed by atoms with van der Waals surface area (Å²) in [5, 5.41) is 2.99. The fourth-order valence-electron chi connectivity index (χ4n) is 10.2. The first-order valence-electron chi connectivity index (χ1n) is 21.8. The van der Waals surface area contributed by atoms with Crippen LogP contribution in [0.1, 0.15) is 108 Å². The van der Waals surface area contributed by atoms with Crippen LogP contribution >= 0.6 is 0 Å². The molecule has 0 saturated carbocycles. The van der Waals surface area contributed by atoms with Gasteiger partial charge in [-0.2, -0.15) is 0 Å². The number of carbonyl (C=O) groups excluding carboxylic acids is 2. The predicted molar refractivity (Wildman–Crippen MR) is 246 cm³/mol. The number of aromatic nitrogens is 3. The van der Waals surface area contributed by atoms with Crippen LogP contribution in [-0.2, 0) is 20.3 Å². The molecule has 3 aliphatic heterocycles. The Balaban J connectivity index is 1.50. The summed E-state index contributed by atoms with van der Waals surface area (Å²) in [5.41, 5.74) is 2.91. The summed E-state index contributed by atoms with van der Waals surface area (Å²) in [5.74, 6) is 2.13. The van der Waals surface area contributed by atoms with Gasteiger partial charge in [-0.3, -0.25) is 14.4 Å². The molecule has 2 aromatic carbocycles. The first-order valence-corrected chi connectivity index (χ1v) is 25.6. The maximum absolute atomic E-state index is 17.9. The Morgan fingerprint density at radius 1 is 0.937 bits per heavy atom. The molecule has 3 aliphatic rings. The van der Waals surface area contributed by atoms with Gasteiger partial charge in [-0.25, -0.2) is 33.3 Å². The van der Waals surface area contributed by atoms with Crippen LogP contribution in [0.15, 0.2) is 29.4 Å². The summed E-state index contributed by atoms with van der Waals surface area (Å²) in [6.07, 6.45) is 0.838. The molecule has 2 aromatic heterocycles. The van der Waals surface area contributed by atoms with Gasteiger partial charge in [-0.15, -0.1) is 5.54 Å². The highest BCUT2D eigenvalue weighted by molar-refractivity contribution is 7.84. The van der Waals surface area contributed by atoms with Crippen LogP contribution in [0, 0.1) is 23.1 Å². The number of hydrogen-bond acceptors (Lipinski definition) is 10. The summed E-state index contributed by atoms with van der Waals surface area (Å²) in [6, 6.07) is 5.32. The maximum Gasteiger partial charge on any atom is 0.412 e. The molecule has 0 radical (unpaired) electrons. The van der Waals surface area contributed by atoms with Gasteiger partial charge >= 0.3 is 12.2 Å². The molecule has 63 heavy (non-hydrogen) atoms. The molecule has 1 N–H and O–H groups in total. The average molecular weight is 903 g/mol. The van der Waals surface area contributed by atoms with Crippen molar-refractivity contribution in [1.29, 1.82) is 0 Å². The molecule has 2 bridgehead atoms. The maximum atomic E-state index is 17.9. The molecule has 5 atom stereocenters. The number of nitrogens with one attached hydrogen (secondary N) is 1. The highest BCUT2D eigenvalue weighted by Gasteiger charge is 2.54. The second-order valence-corrected chi connectivity index (χ2v) is 26.9. The minimum absolute atomic E-state index is 0.0139. The van der Waals surface area contributed by atoms with E-state index in [0.717, 1.165) is 0 Å². The number of hydrogen-bond donors (Lipinski definition) is 1. The van der Waals surface area contributed by atoms with E-state index in [0.29, 0.717) is 47.4 Å². The van der Waals surface area contributed by atoms with Gasteiger partial charge in [-0.05, 0) is 90.1 Å². The van der Waals surface area contributed by atoms with Crippen LogP contribution in [0.5, 0.6) is 5.88 Å². The molecule has 338 valence electrons. The van der Waals surface area contributed by atoms with Gasteiger partial charge in [0.15, 0.2) is 11.6 Å². The van der Waals surface area contributed by atoms with Crippen LogP contribution in [0.25, 0.3) is 32.9 Å². The minimum atomic E-state index is -2.32. The number of benzene rings is 2. The number of amides is 2. The third-order valence-electron chi connectivity index (χ3n) is 12.6. The SMILES string of the molecule is CC(C)[Si](C#Cc1cccc2c(F)c(NC(=O)OC(C)(C)C)cc(-c3nc4c5c(nc(S(C)=O)nc5c3F)N3C[C@H]5CC[C@@H]([C@H]3[C@H](C)O4)N5C(=O)OC(C)(C)C)c12)(C(C)C)C(C)C. The van der Waals surface area contributed by atoms with E-state index >= 15 is 8.78 Å². The summed E-state index contributed by atoms with van der Waals surface area (Å²) < 4.78 is 66.2. The molecule has 16 heteroatoms. The third kappa shape index (κ3) is 8.35. The summed E-state index contributed by atoms with van der Waals surface area (Å²) >= 11 is 0. The Bertz CT molecular complexity index is 2580. The van der Waals surface area contributed by atoms with Crippen LogP contribution in [0.2, 0.25) is 16.6 Å². The topological polar surface area (TPSA) is 136 Å². The lowest BCUT2D eigenvalue weighted by Gasteiger charge is -2.48. The van der Waals surface area contributed by atoms with Crippen molar-refractivity contribution in [2.75, 3.05) is 23.0 Å². The molecule has 7 rings (SSSR count). The molecule has 12 nitrogen and oxygen atoms in total. The molecular formula is C47H60F2N6O6SSi. The Labute approximate surface area is 372 Å². The van der Waals surface area contributed by atoms with E-state index < -0.39 is 66.0 Å². The first-order chi connectivity index (χ1) is 29.3. The van der Waals surface area contributed by atoms with Crippen LogP contribution in [0.3, 0.4) is 0 Å². The zero-order chi connectivity index (χ0) is 46.2. The van der Waals surface area contributed by atoms with Crippen molar-refractivity contribution in [3.05, 3.63) is 41.5 Å². The van der Waals surface area contributed by atoms with Gasteiger partial charge in [0.05, 0.1) is 34.6 Å². The van der Waals surface area contributed by atoms with E-state index in [1.54, 1.807) is 43.9 Å². The van der Waals surface area contributed by atoms with E-state index in [9.17, 15) is 13.8 Å². The Kier molecular flexibility index (Phi) is 12.1. The second kappa shape index (κ2) is 16.6. The van der Waals surface area contributed by atoms with E-state index in [1.807, 2.05) is 32.6 Å². The number of pyridine rings is 1. The molecule has 2 saturated heterocycles. The quantitative estimate of drug-likeness (QED) is 0.113. The standard InChI is InChI=1S/C47H60F2N6O6SSi/c1-24(2)63(25(3)4,26(5)6)21-20-28-16-15-17-30-34(28)31(22-32(36(30)48)50-44(56)60-46(8,9)10)38-37(49)39-35-41(53-43(52-39)62(14)58)54-23-29-18-19-33(40(54)27(7)59-42(35)51-38)55(29)45(57)61-47(11,12)13/h15-17,22,24-27,29,33,40H,18-19,23H2,1-14H3,(H,50,56)/t27-,29+,33-,40+,62?/m0/s1. The Hall–Kier alpha value is -4.88. The summed E-state index contributed by atoms with van der Waals surface area (Å²) in [6.45, 7) is 26.0. The van der Waals surface area contributed by atoms with Crippen molar-refractivity contribution in [3.8, 4) is 28.6 Å². The lowest BCUT2D eigenvalue weighted by molar-refractivity contribution is 0.000925. The van der Waals surface area contributed by atoms with E-state index in [-0.39, 0.29) is 61.7 Å². The lowest BCUT2D eigenvalue weighted by Crippen LogP contribution is -2.65. The molecule has 1 unspecified atom stereocenters. The van der Waals surface area contributed by atoms with E-state index in [2.05, 4.69) is 63.3 Å². The van der Waals surface area contributed by atoms with Gasteiger partial charge in [0.2, 0.25) is 11.0 Å². The zero-order valence-electron chi connectivity index (χ0n) is 38.8. The van der Waals surface area contributed by atoms with Crippen molar-refractivity contribution in [3.63, 3.8) is 0 Å². The molecule has 0 spiro atoms. The Morgan fingerprint density at radius 2 is 1.59 bits per heavy atom. The molecule has 5 heterocycles. The van der Waals surface area contributed by atoms with E-state index in [4.69, 9.17) is 24.2 Å². The zero-order valence-corrected chi connectivity index (χ0v) is 40.6. The Morgan fingerprint density at radius 3 is 2.19 bits per heavy atom. The average Bonchev–Trinajstić information content (AvgIpc) is 3.41. The van der Waals surface area contributed by atoms with Crippen molar-refractivity contribution >= 4 is 64.2 Å². The summed E-state index contributed by atoms with van der Waals surface area (Å²) in [4.78, 5) is 45.0. The number of anilines is 2. The number of carbonyl (C=O) groups is 2. The largest absolute Gasteiger partial charge is 0.472 e. The minimum Gasteiger partial charge on any atom is -0.472 e. The lowest BCUT2D eigenvalue weighted by atomic mass is 9.95. The van der Waals surface area contributed by atoms with Crippen LogP contribution in [-0.4, -0.2) is 92.6 Å². The number of halogens is 2. The molecule has 2 amide bonds. The number of nitrogens with zero attached hydrogens (tertiary/aromatic N) is 5. The smallest absolute Gasteiger partial charge is 0.412 e. The molecule has 2 fully saturated rings. The second-order valence-electron chi connectivity index (χ2n) is 20.0. The van der Waals surface area contributed by atoms with Gasteiger partial charge < -0.3 is 19.1 Å². The number of piperazine rings is 1. The molecule has 4 aromatic rings. The van der Waals surface area contributed by atoms with Gasteiger partial charge in [0.1, 0.15) is 47.8 Å².